The van der Waals surface area contributed by atoms with E-state index in [0.717, 1.165) is 50.3 Å². The molecule has 1 saturated heterocycles. The lowest BCUT2D eigenvalue weighted by Crippen LogP contribution is -2.47. The van der Waals surface area contributed by atoms with E-state index in [2.05, 4.69) is 53.1 Å². The summed E-state index contributed by atoms with van der Waals surface area (Å²) in [5, 5.41) is 1.24. The molecule has 1 aliphatic heterocycles. The van der Waals surface area contributed by atoms with Crippen LogP contribution in [0.25, 0.3) is 10.9 Å². The minimum atomic E-state index is 0.909. The first-order valence-electron chi connectivity index (χ1n) is 10.3. The third-order valence-electron chi connectivity index (χ3n) is 6.24. The molecule has 1 fully saturated rings. The fourth-order valence-corrected chi connectivity index (χ4v) is 4.79. The zero-order valence-corrected chi connectivity index (χ0v) is 16.7. The van der Waals surface area contributed by atoms with E-state index < -0.39 is 0 Å². The first-order chi connectivity index (χ1) is 13.7. The van der Waals surface area contributed by atoms with E-state index in [1.165, 1.54) is 40.0 Å². The predicted molar refractivity (Wildman–Crippen MR) is 116 cm³/mol. The summed E-state index contributed by atoms with van der Waals surface area (Å²) in [4.78, 5) is 10.1. The summed E-state index contributed by atoms with van der Waals surface area (Å²) in [6, 6.07) is 15.0. The van der Waals surface area contributed by atoms with Gasteiger partial charge >= 0.3 is 0 Å². The Hall–Kier alpha value is -2.75. The highest BCUT2D eigenvalue weighted by Gasteiger charge is 2.26. The number of fused-ring (bicyclic) bond motifs is 2. The van der Waals surface area contributed by atoms with Crippen molar-refractivity contribution in [2.45, 2.75) is 26.2 Å². The molecule has 0 spiro atoms. The maximum atomic E-state index is 5.52. The van der Waals surface area contributed by atoms with Gasteiger partial charge in [-0.2, -0.15) is 0 Å². The van der Waals surface area contributed by atoms with E-state index >= 15 is 0 Å². The SMILES string of the molecule is COc1ccc2nc3c(c(N4CCN(c5ccccc5C)CC4)c2c1)CCC3. The molecule has 2 aromatic carbocycles. The van der Waals surface area contributed by atoms with Crippen molar-refractivity contribution in [3.63, 3.8) is 0 Å². The number of hydrogen-bond donors (Lipinski definition) is 0. The summed E-state index contributed by atoms with van der Waals surface area (Å²) in [6.45, 7) is 6.38. The molecule has 1 aliphatic carbocycles. The summed E-state index contributed by atoms with van der Waals surface area (Å²) in [6.07, 6.45) is 3.46. The Balaban J connectivity index is 1.51. The predicted octanol–water partition coefficient (Wildman–Crippen LogP) is 4.37. The Bertz CT molecular complexity index is 1020. The van der Waals surface area contributed by atoms with E-state index in [4.69, 9.17) is 9.72 Å². The Labute approximate surface area is 166 Å². The molecule has 4 nitrogen and oxygen atoms in total. The second-order valence-electron chi connectivity index (χ2n) is 7.88. The highest BCUT2D eigenvalue weighted by atomic mass is 16.5. The summed E-state index contributed by atoms with van der Waals surface area (Å²) >= 11 is 0. The first kappa shape index (κ1) is 17.4. The van der Waals surface area contributed by atoms with Crippen LogP contribution in [0.1, 0.15) is 23.2 Å². The Morgan fingerprint density at radius 2 is 1.71 bits per heavy atom. The van der Waals surface area contributed by atoms with Crippen LogP contribution >= 0.6 is 0 Å². The molecule has 4 heteroatoms. The van der Waals surface area contributed by atoms with Gasteiger partial charge < -0.3 is 14.5 Å². The van der Waals surface area contributed by atoms with Gasteiger partial charge in [0.2, 0.25) is 0 Å². The number of methoxy groups -OCH3 is 1. The van der Waals surface area contributed by atoms with E-state index in [9.17, 15) is 0 Å². The van der Waals surface area contributed by atoms with Crippen LogP contribution in [0.2, 0.25) is 0 Å². The van der Waals surface area contributed by atoms with Crippen LogP contribution in [0.15, 0.2) is 42.5 Å². The molecule has 0 radical (unpaired) electrons. The molecule has 28 heavy (non-hydrogen) atoms. The fraction of sp³-hybridized carbons (Fsp3) is 0.375. The van der Waals surface area contributed by atoms with Crippen LogP contribution < -0.4 is 14.5 Å². The largest absolute Gasteiger partial charge is 0.497 e. The zero-order valence-electron chi connectivity index (χ0n) is 16.7. The number of benzene rings is 2. The van der Waals surface area contributed by atoms with Crippen LogP contribution in [-0.2, 0) is 12.8 Å². The molecule has 2 heterocycles. The van der Waals surface area contributed by atoms with Gasteiger partial charge in [-0.3, -0.25) is 4.98 Å². The number of para-hydroxylation sites is 1. The van der Waals surface area contributed by atoms with Gasteiger partial charge in [-0.25, -0.2) is 0 Å². The molecule has 1 aromatic heterocycles. The topological polar surface area (TPSA) is 28.6 Å². The maximum Gasteiger partial charge on any atom is 0.119 e. The fourth-order valence-electron chi connectivity index (χ4n) is 4.79. The number of aromatic nitrogens is 1. The van der Waals surface area contributed by atoms with Crippen LogP contribution in [0.5, 0.6) is 5.75 Å². The van der Waals surface area contributed by atoms with Crippen molar-refractivity contribution in [2.75, 3.05) is 43.1 Å². The quantitative estimate of drug-likeness (QED) is 0.682. The number of hydrogen-bond acceptors (Lipinski definition) is 4. The van der Waals surface area contributed by atoms with Gasteiger partial charge in [0.1, 0.15) is 5.75 Å². The smallest absolute Gasteiger partial charge is 0.119 e. The number of aryl methyl sites for hydroxylation is 2. The van der Waals surface area contributed by atoms with Crippen molar-refractivity contribution < 1.29 is 4.74 Å². The molecule has 2 aliphatic rings. The lowest BCUT2D eigenvalue weighted by atomic mass is 10.0. The molecule has 3 aromatic rings. The molecule has 0 atom stereocenters. The van der Waals surface area contributed by atoms with Gasteiger partial charge in [0.15, 0.2) is 0 Å². The molecular formula is C24H27N3O. The third kappa shape index (κ3) is 2.88. The van der Waals surface area contributed by atoms with Crippen molar-refractivity contribution in [2.24, 2.45) is 0 Å². The van der Waals surface area contributed by atoms with Gasteiger partial charge in [0.05, 0.1) is 18.3 Å². The van der Waals surface area contributed by atoms with Crippen LogP contribution in [0.3, 0.4) is 0 Å². The van der Waals surface area contributed by atoms with Gasteiger partial charge in [-0.1, -0.05) is 18.2 Å². The molecule has 0 amide bonds. The lowest BCUT2D eigenvalue weighted by molar-refractivity contribution is 0.415. The summed E-state index contributed by atoms with van der Waals surface area (Å²) < 4.78 is 5.52. The van der Waals surface area contributed by atoms with E-state index in [-0.39, 0.29) is 0 Å². The van der Waals surface area contributed by atoms with Crippen molar-refractivity contribution in [3.8, 4) is 5.75 Å². The highest BCUT2D eigenvalue weighted by molar-refractivity contribution is 5.95. The van der Waals surface area contributed by atoms with Crippen molar-refractivity contribution in [1.29, 1.82) is 0 Å². The highest BCUT2D eigenvalue weighted by Crippen LogP contribution is 2.38. The number of ether oxygens (including phenoxy) is 1. The Morgan fingerprint density at radius 1 is 0.929 bits per heavy atom. The maximum absolute atomic E-state index is 5.52. The van der Waals surface area contributed by atoms with Crippen molar-refractivity contribution >= 4 is 22.3 Å². The normalized spacial score (nSPS) is 16.5. The van der Waals surface area contributed by atoms with Crippen molar-refractivity contribution in [1.82, 2.24) is 4.98 Å². The first-order valence-corrected chi connectivity index (χ1v) is 10.3. The molecule has 0 saturated carbocycles. The van der Waals surface area contributed by atoms with Gasteiger partial charge in [0.25, 0.3) is 0 Å². The van der Waals surface area contributed by atoms with E-state index in [1.54, 1.807) is 7.11 Å². The minimum absolute atomic E-state index is 0.909. The second kappa shape index (κ2) is 7.01. The Morgan fingerprint density at radius 3 is 2.50 bits per heavy atom. The number of anilines is 2. The number of pyridine rings is 1. The number of rotatable bonds is 3. The standard InChI is InChI=1S/C24H27N3O/c1-17-6-3-4-9-23(17)26-12-14-27(15-13-26)24-19-7-5-8-21(19)25-22-11-10-18(28-2)16-20(22)24/h3-4,6,9-11,16H,5,7-8,12-15H2,1-2H3. The van der Waals surface area contributed by atoms with Gasteiger partial charge in [-0.15, -0.1) is 0 Å². The van der Waals surface area contributed by atoms with Gasteiger partial charge in [0, 0.05) is 42.9 Å². The average molecular weight is 374 g/mol. The second-order valence-corrected chi connectivity index (χ2v) is 7.88. The molecule has 5 rings (SSSR count). The molecular weight excluding hydrogens is 346 g/mol. The molecule has 0 bridgehead atoms. The van der Waals surface area contributed by atoms with Crippen LogP contribution in [0, 0.1) is 6.92 Å². The van der Waals surface area contributed by atoms with E-state index in [1.807, 2.05) is 6.07 Å². The molecule has 0 N–H and O–H groups in total. The lowest BCUT2D eigenvalue weighted by Gasteiger charge is -2.39. The van der Waals surface area contributed by atoms with E-state index in [0.29, 0.717) is 0 Å². The number of piperazine rings is 1. The molecule has 144 valence electrons. The third-order valence-corrected chi connectivity index (χ3v) is 6.24. The minimum Gasteiger partial charge on any atom is -0.497 e. The van der Waals surface area contributed by atoms with Gasteiger partial charge in [-0.05, 0) is 61.6 Å². The van der Waals surface area contributed by atoms with Crippen molar-refractivity contribution in [3.05, 3.63) is 59.3 Å². The van der Waals surface area contributed by atoms with Crippen LogP contribution in [0.4, 0.5) is 11.4 Å². The summed E-state index contributed by atoms with van der Waals surface area (Å²) in [5.41, 5.74) is 7.99. The molecule has 0 unspecified atom stereocenters. The average Bonchev–Trinajstić information content (AvgIpc) is 3.20. The number of nitrogens with zero attached hydrogens (tertiary/aromatic N) is 3. The monoisotopic (exact) mass is 373 g/mol. The van der Waals surface area contributed by atoms with Crippen LogP contribution in [-0.4, -0.2) is 38.3 Å². The summed E-state index contributed by atoms with van der Waals surface area (Å²) in [5.74, 6) is 0.909. The zero-order chi connectivity index (χ0) is 19.1. The Kier molecular flexibility index (Phi) is 4.34. The summed E-state index contributed by atoms with van der Waals surface area (Å²) in [7, 11) is 1.74.